The molecule has 0 fully saturated rings. The lowest BCUT2D eigenvalue weighted by atomic mass is 10.1. The van der Waals surface area contributed by atoms with E-state index in [-0.39, 0.29) is 11.7 Å². The van der Waals surface area contributed by atoms with Crippen molar-refractivity contribution in [2.45, 2.75) is 20.0 Å². The van der Waals surface area contributed by atoms with E-state index in [2.05, 4.69) is 10.5 Å². The third-order valence-electron chi connectivity index (χ3n) is 4.08. The van der Waals surface area contributed by atoms with E-state index in [0.717, 1.165) is 10.8 Å². The fourth-order valence-corrected chi connectivity index (χ4v) is 2.64. The van der Waals surface area contributed by atoms with Gasteiger partial charge >= 0.3 is 0 Å². The summed E-state index contributed by atoms with van der Waals surface area (Å²) in [7, 11) is 0. The van der Waals surface area contributed by atoms with Gasteiger partial charge in [-0.3, -0.25) is 4.79 Å². The number of carbonyl (C=O) groups excluding carboxylic acids is 1. The van der Waals surface area contributed by atoms with Gasteiger partial charge in [-0.1, -0.05) is 30.3 Å². The van der Waals surface area contributed by atoms with Gasteiger partial charge in [0.2, 0.25) is 0 Å². The van der Waals surface area contributed by atoms with Gasteiger partial charge in [-0.05, 0) is 60.5 Å². The van der Waals surface area contributed by atoms with E-state index in [4.69, 9.17) is 9.47 Å². The number of benzene rings is 3. The molecule has 0 spiro atoms. The number of ether oxygens (including phenoxy) is 2. The van der Waals surface area contributed by atoms with Crippen molar-refractivity contribution in [1.29, 1.82) is 0 Å². The fourth-order valence-electron chi connectivity index (χ4n) is 2.64. The third kappa shape index (κ3) is 4.79. The average Bonchev–Trinajstić information content (AvgIpc) is 2.70. The molecule has 0 aromatic heterocycles. The van der Waals surface area contributed by atoms with Crippen LogP contribution < -0.4 is 14.9 Å². The second-order valence-corrected chi connectivity index (χ2v) is 6.16. The van der Waals surface area contributed by atoms with Crippen LogP contribution in [-0.2, 0) is 4.79 Å². The average molecular weight is 378 g/mol. The molecule has 0 heterocycles. The number of fused-ring (bicyclic) bond motifs is 1. The lowest BCUT2D eigenvalue weighted by Crippen LogP contribution is -2.33. The highest BCUT2D eigenvalue weighted by Crippen LogP contribution is 2.26. The quantitative estimate of drug-likeness (QED) is 0.483. The van der Waals surface area contributed by atoms with Crippen molar-refractivity contribution in [1.82, 2.24) is 5.43 Å². The number of phenols is 1. The van der Waals surface area contributed by atoms with Crippen LogP contribution in [0.2, 0.25) is 0 Å². The van der Waals surface area contributed by atoms with E-state index in [0.29, 0.717) is 23.7 Å². The van der Waals surface area contributed by atoms with E-state index < -0.39 is 6.10 Å². The maximum absolute atomic E-state index is 12.2. The summed E-state index contributed by atoms with van der Waals surface area (Å²) in [6.45, 7) is 3.93. The van der Waals surface area contributed by atoms with Crippen LogP contribution >= 0.6 is 0 Å². The Hall–Kier alpha value is -3.54. The predicted octanol–water partition coefficient (Wildman–Crippen LogP) is 3.86. The molecule has 6 nitrogen and oxygen atoms in total. The van der Waals surface area contributed by atoms with Gasteiger partial charge in [0.15, 0.2) is 17.6 Å². The number of hydrazone groups is 1. The van der Waals surface area contributed by atoms with Gasteiger partial charge in [0.25, 0.3) is 5.91 Å². The number of hydrogen-bond acceptors (Lipinski definition) is 5. The van der Waals surface area contributed by atoms with Crippen LogP contribution in [0, 0.1) is 0 Å². The maximum atomic E-state index is 12.2. The molecule has 144 valence electrons. The maximum Gasteiger partial charge on any atom is 0.280 e. The lowest BCUT2D eigenvalue weighted by Gasteiger charge is -2.13. The first-order valence-corrected chi connectivity index (χ1v) is 9.01. The van der Waals surface area contributed by atoms with Crippen molar-refractivity contribution in [3.05, 3.63) is 66.2 Å². The van der Waals surface area contributed by atoms with Crippen LogP contribution in [0.5, 0.6) is 17.2 Å². The fraction of sp³-hybridized carbons (Fsp3) is 0.182. The zero-order chi connectivity index (χ0) is 19.9. The second kappa shape index (κ2) is 8.90. The summed E-state index contributed by atoms with van der Waals surface area (Å²) in [5, 5.41) is 15.8. The van der Waals surface area contributed by atoms with Crippen LogP contribution in [-0.4, -0.2) is 29.9 Å². The standard InChI is InChI=1S/C22H22N2O4/c1-3-27-21-12-16(8-11-20(21)25)14-23-24-22(26)15(2)28-19-10-9-17-6-4-5-7-18(17)13-19/h4-15,25H,3H2,1-2H3,(H,24,26)/b23-14+/t15-/m1/s1. The van der Waals surface area contributed by atoms with Gasteiger partial charge < -0.3 is 14.6 Å². The van der Waals surface area contributed by atoms with Crippen molar-refractivity contribution < 1.29 is 19.4 Å². The summed E-state index contributed by atoms with van der Waals surface area (Å²) >= 11 is 0. The predicted molar refractivity (Wildman–Crippen MR) is 109 cm³/mol. The van der Waals surface area contributed by atoms with E-state index in [1.165, 1.54) is 12.3 Å². The molecule has 3 aromatic rings. The monoisotopic (exact) mass is 378 g/mol. The van der Waals surface area contributed by atoms with Crippen molar-refractivity contribution in [3.63, 3.8) is 0 Å². The van der Waals surface area contributed by atoms with Gasteiger partial charge in [-0.2, -0.15) is 5.10 Å². The van der Waals surface area contributed by atoms with Gasteiger partial charge in [0.1, 0.15) is 5.75 Å². The topological polar surface area (TPSA) is 80.2 Å². The first-order chi connectivity index (χ1) is 13.6. The molecule has 0 bridgehead atoms. The zero-order valence-corrected chi connectivity index (χ0v) is 15.8. The molecule has 0 aliphatic heterocycles. The Labute approximate surface area is 163 Å². The third-order valence-corrected chi connectivity index (χ3v) is 4.08. The van der Waals surface area contributed by atoms with Crippen LogP contribution in [0.4, 0.5) is 0 Å². The molecular weight excluding hydrogens is 356 g/mol. The number of nitrogens with one attached hydrogen (secondary N) is 1. The number of nitrogens with zero attached hydrogens (tertiary/aromatic N) is 1. The van der Waals surface area contributed by atoms with Gasteiger partial charge in [0.05, 0.1) is 12.8 Å². The molecule has 0 saturated heterocycles. The summed E-state index contributed by atoms with van der Waals surface area (Å²) in [6.07, 6.45) is 0.764. The first-order valence-electron chi connectivity index (χ1n) is 9.01. The highest BCUT2D eigenvalue weighted by molar-refractivity contribution is 5.86. The van der Waals surface area contributed by atoms with Crippen LogP contribution in [0.1, 0.15) is 19.4 Å². The molecule has 0 aliphatic carbocycles. The Morgan fingerprint density at radius 3 is 2.71 bits per heavy atom. The van der Waals surface area contributed by atoms with Crippen molar-refractivity contribution in [3.8, 4) is 17.2 Å². The molecular formula is C22H22N2O4. The molecule has 0 saturated carbocycles. The van der Waals surface area contributed by atoms with E-state index in [1.54, 1.807) is 19.1 Å². The summed E-state index contributed by atoms with van der Waals surface area (Å²) < 4.78 is 11.0. The molecule has 0 unspecified atom stereocenters. The minimum absolute atomic E-state index is 0.0560. The largest absolute Gasteiger partial charge is 0.504 e. The summed E-state index contributed by atoms with van der Waals surface area (Å²) in [4.78, 5) is 12.2. The SMILES string of the molecule is CCOc1cc(/C=N/NC(=O)[C@@H](C)Oc2ccc3ccccc3c2)ccc1O. The number of phenolic OH excluding ortho intramolecular Hbond substituents is 1. The number of hydrogen-bond donors (Lipinski definition) is 2. The van der Waals surface area contributed by atoms with Crippen molar-refractivity contribution >= 4 is 22.9 Å². The molecule has 0 aliphatic rings. The number of rotatable bonds is 7. The Morgan fingerprint density at radius 1 is 1.14 bits per heavy atom. The Morgan fingerprint density at radius 2 is 1.93 bits per heavy atom. The Kier molecular flexibility index (Phi) is 6.11. The summed E-state index contributed by atoms with van der Waals surface area (Å²) in [5.74, 6) is 0.671. The van der Waals surface area contributed by atoms with E-state index in [1.807, 2.05) is 49.4 Å². The molecule has 1 amide bonds. The second-order valence-electron chi connectivity index (χ2n) is 6.16. The van der Waals surface area contributed by atoms with Crippen molar-refractivity contribution in [2.75, 3.05) is 6.61 Å². The molecule has 1 atom stereocenters. The Bertz CT molecular complexity index is 1000. The molecule has 3 aromatic carbocycles. The van der Waals surface area contributed by atoms with Gasteiger partial charge in [0, 0.05) is 0 Å². The smallest absolute Gasteiger partial charge is 0.280 e. The van der Waals surface area contributed by atoms with Crippen LogP contribution in [0.15, 0.2) is 65.8 Å². The number of aromatic hydroxyl groups is 1. The normalized spacial score (nSPS) is 12.1. The lowest BCUT2D eigenvalue weighted by molar-refractivity contribution is -0.127. The minimum Gasteiger partial charge on any atom is -0.504 e. The molecule has 3 rings (SSSR count). The molecule has 6 heteroatoms. The Balaban J connectivity index is 1.59. The van der Waals surface area contributed by atoms with Gasteiger partial charge in [-0.15, -0.1) is 0 Å². The van der Waals surface area contributed by atoms with Crippen LogP contribution in [0.3, 0.4) is 0 Å². The van der Waals surface area contributed by atoms with Gasteiger partial charge in [-0.25, -0.2) is 5.43 Å². The summed E-state index contributed by atoms with van der Waals surface area (Å²) in [5.41, 5.74) is 3.14. The number of amides is 1. The molecule has 2 N–H and O–H groups in total. The van der Waals surface area contributed by atoms with E-state index >= 15 is 0 Å². The number of carbonyl (C=O) groups is 1. The summed E-state index contributed by atoms with van der Waals surface area (Å²) in [6, 6.07) is 18.4. The van der Waals surface area contributed by atoms with Crippen molar-refractivity contribution in [2.24, 2.45) is 5.10 Å². The highest BCUT2D eigenvalue weighted by Gasteiger charge is 2.14. The highest BCUT2D eigenvalue weighted by atomic mass is 16.5. The first kappa shape index (κ1) is 19.2. The minimum atomic E-state index is -0.711. The molecule has 0 radical (unpaired) electrons. The van der Waals surface area contributed by atoms with E-state index in [9.17, 15) is 9.90 Å². The molecule has 28 heavy (non-hydrogen) atoms. The zero-order valence-electron chi connectivity index (χ0n) is 15.8. The van der Waals surface area contributed by atoms with Crippen LogP contribution in [0.25, 0.3) is 10.8 Å².